The van der Waals surface area contributed by atoms with Gasteiger partial charge in [-0.15, -0.1) is 0 Å². The van der Waals surface area contributed by atoms with E-state index in [1.165, 1.54) is 0 Å². The van der Waals surface area contributed by atoms with E-state index < -0.39 is 24.9 Å². The molecule has 1 aliphatic heterocycles. The van der Waals surface area contributed by atoms with Crippen molar-refractivity contribution in [1.82, 2.24) is 4.98 Å². The predicted molar refractivity (Wildman–Crippen MR) is 141 cm³/mol. The minimum Gasteiger partial charge on any atom is -0.408 e. The zero-order chi connectivity index (χ0) is 23.9. The highest BCUT2D eigenvalue weighted by Crippen LogP contribution is 2.50. The van der Waals surface area contributed by atoms with E-state index in [2.05, 4.69) is 76.0 Å². The normalized spacial score (nSPS) is 19.1. The molecule has 0 fully saturated rings. The molecular formula is C24H38N2O3Si3. The molecule has 0 saturated heterocycles. The number of carbonyl (C=O) groups excluding carboxylic acids is 1. The van der Waals surface area contributed by atoms with Crippen LogP contribution in [0.2, 0.25) is 58.9 Å². The van der Waals surface area contributed by atoms with Crippen LogP contribution >= 0.6 is 0 Å². The van der Waals surface area contributed by atoms with Crippen molar-refractivity contribution in [2.45, 2.75) is 71.1 Å². The van der Waals surface area contributed by atoms with Gasteiger partial charge in [0.2, 0.25) is 0 Å². The number of para-hydroxylation sites is 2. The van der Waals surface area contributed by atoms with Crippen LogP contribution in [0.25, 0.3) is 0 Å². The molecule has 0 aromatic heterocycles. The van der Waals surface area contributed by atoms with Gasteiger partial charge in [0.1, 0.15) is 20.4 Å². The van der Waals surface area contributed by atoms with Crippen LogP contribution in [0.3, 0.4) is 0 Å². The van der Waals surface area contributed by atoms with E-state index in [4.69, 9.17) is 8.85 Å². The maximum atomic E-state index is 13.7. The number of nitrogens with one attached hydrogen (secondary N) is 1. The van der Waals surface area contributed by atoms with Crippen LogP contribution in [-0.2, 0) is 8.85 Å². The highest BCUT2D eigenvalue weighted by molar-refractivity contribution is 6.76. The first-order valence-electron chi connectivity index (χ1n) is 11.3. The van der Waals surface area contributed by atoms with Crippen molar-refractivity contribution in [3.63, 3.8) is 0 Å². The number of nitrogens with zero attached hydrogens (tertiary/aromatic N) is 1. The van der Waals surface area contributed by atoms with E-state index in [-0.39, 0.29) is 18.2 Å². The molecule has 8 heteroatoms. The quantitative estimate of drug-likeness (QED) is 0.456. The molecule has 0 bridgehead atoms. The van der Waals surface area contributed by atoms with Crippen LogP contribution in [0.4, 0.5) is 16.2 Å². The summed E-state index contributed by atoms with van der Waals surface area (Å²) in [7, 11) is -5.74. The Morgan fingerprint density at radius 1 is 0.719 bits per heavy atom. The van der Waals surface area contributed by atoms with E-state index in [9.17, 15) is 4.79 Å². The molecule has 5 nitrogen and oxygen atoms in total. The number of fused-ring (bicyclic) bond motifs is 2. The fraction of sp³-hybridized carbons (Fsp3) is 0.458. The molecular weight excluding hydrogens is 449 g/mol. The minimum absolute atomic E-state index is 0.0931. The molecule has 2 aromatic carbocycles. The second-order valence-corrected chi connectivity index (χ2v) is 25.1. The summed E-state index contributed by atoms with van der Waals surface area (Å²) in [6, 6.07) is 16.1. The fourth-order valence-corrected chi connectivity index (χ4v) is 6.71. The van der Waals surface area contributed by atoms with Gasteiger partial charge in [-0.2, -0.15) is 0 Å². The standard InChI is InChI=1S/C24H38N2O3Si3/c1-30(2,3)25-24(27)26-20-16-12-10-14-18(20)22(28-31(4,5)6)23(29-32(7,8)9)19-15-11-13-17-21(19)26/h10-17,22-23H,1-9H3,(H,25,27). The third-order valence-corrected chi connectivity index (χ3v) is 7.78. The lowest BCUT2D eigenvalue weighted by Crippen LogP contribution is -2.50. The Bertz CT molecular complexity index is 912. The Kier molecular flexibility index (Phi) is 6.93. The van der Waals surface area contributed by atoms with E-state index in [0.29, 0.717) is 0 Å². The van der Waals surface area contributed by atoms with Crippen LogP contribution in [0.15, 0.2) is 48.5 Å². The SMILES string of the molecule is C[Si](C)(C)NC(=O)N1c2ccccc2C(O[Si](C)(C)C)C(O[Si](C)(C)C)c2ccccc21. The first-order valence-corrected chi connectivity index (χ1v) is 21.6. The van der Waals surface area contributed by atoms with Crippen molar-refractivity contribution in [2.75, 3.05) is 4.90 Å². The number of urea groups is 1. The van der Waals surface area contributed by atoms with Crippen LogP contribution in [-0.4, -0.2) is 30.9 Å². The third kappa shape index (κ3) is 5.99. The fourth-order valence-electron chi connectivity index (χ4n) is 3.93. The molecule has 0 aliphatic carbocycles. The van der Waals surface area contributed by atoms with Crippen molar-refractivity contribution in [2.24, 2.45) is 0 Å². The lowest BCUT2D eigenvalue weighted by molar-refractivity contribution is 0.0437. The third-order valence-electron chi connectivity index (χ3n) is 4.89. The molecule has 2 amide bonds. The summed E-state index contributed by atoms with van der Waals surface area (Å²) in [6.07, 6.45) is -0.564. The molecule has 174 valence electrons. The van der Waals surface area contributed by atoms with E-state index in [1.807, 2.05) is 41.3 Å². The minimum atomic E-state index is -1.94. The predicted octanol–water partition coefficient (Wildman–Crippen LogP) is 7.17. The molecule has 2 aromatic rings. The van der Waals surface area contributed by atoms with Crippen molar-refractivity contribution in [1.29, 1.82) is 0 Å². The summed E-state index contributed by atoms with van der Waals surface area (Å²) in [4.78, 5) is 18.8. The molecule has 2 unspecified atom stereocenters. The first kappa shape index (κ1) is 24.9. The molecule has 0 radical (unpaired) electrons. The highest BCUT2D eigenvalue weighted by Gasteiger charge is 2.41. The monoisotopic (exact) mass is 486 g/mol. The molecule has 1 heterocycles. The second-order valence-electron chi connectivity index (χ2n) is 11.4. The molecule has 2 atom stereocenters. The molecule has 1 N–H and O–H groups in total. The maximum absolute atomic E-state index is 13.7. The van der Waals surface area contributed by atoms with Gasteiger partial charge in [0.05, 0.1) is 11.4 Å². The highest BCUT2D eigenvalue weighted by atomic mass is 28.4. The van der Waals surface area contributed by atoms with Gasteiger partial charge in [-0.05, 0) is 51.4 Å². The van der Waals surface area contributed by atoms with Gasteiger partial charge in [-0.3, -0.25) is 4.90 Å². The van der Waals surface area contributed by atoms with Gasteiger partial charge in [-0.1, -0.05) is 56.0 Å². The van der Waals surface area contributed by atoms with E-state index in [0.717, 1.165) is 22.5 Å². The lowest BCUT2D eigenvalue weighted by Gasteiger charge is -2.36. The van der Waals surface area contributed by atoms with Crippen LogP contribution in [0.5, 0.6) is 0 Å². The molecule has 32 heavy (non-hydrogen) atoms. The Morgan fingerprint density at radius 3 is 1.44 bits per heavy atom. The molecule has 0 spiro atoms. The summed E-state index contributed by atoms with van der Waals surface area (Å²) in [5, 5.41) is 0. The smallest absolute Gasteiger partial charge is 0.318 e. The van der Waals surface area contributed by atoms with E-state index in [1.54, 1.807) is 0 Å². The average molecular weight is 487 g/mol. The maximum Gasteiger partial charge on any atom is 0.318 e. The topological polar surface area (TPSA) is 50.8 Å². The number of hydrogen-bond donors (Lipinski definition) is 1. The zero-order valence-corrected chi connectivity index (χ0v) is 23.9. The first-order chi connectivity index (χ1) is 14.7. The molecule has 1 aliphatic rings. The second kappa shape index (κ2) is 8.91. The summed E-state index contributed by atoms with van der Waals surface area (Å²) >= 11 is 0. The number of carbonyl (C=O) groups is 1. The number of amides is 2. The summed E-state index contributed by atoms with van der Waals surface area (Å²) < 4.78 is 13.6. The summed E-state index contributed by atoms with van der Waals surface area (Å²) in [6.45, 7) is 19.6. The average Bonchev–Trinajstić information content (AvgIpc) is 2.72. The number of rotatable bonds is 5. The van der Waals surface area contributed by atoms with Crippen molar-refractivity contribution < 1.29 is 13.6 Å². The van der Waals surface area contributed by atoms with Gasteiger partial charge in [0, 0.05) is 11.1 Å². The number of benzene rings is 2. The Labute approximate surface area is 196 Å². The van der Waals surface area contributed by atoms with Crippen LogP contribution in [0, 0.1) is 0 Å². The number of anilines is 2. The summed E-state index contributed by atoms with van der Waals surface area (Å²) in [5.74, 6) is 0. The molecule has 3 rings (SSSR count). The largest absolute Gasteiger partial charge is 0.408 e. The lowest BCUT2D eigenvalue weighted by atomic mass is 9.98. The van der Waals surface area contributed by atoms with Gasteiger partial charge in [0.25, 0.3) is 0 Å². The zero-order valence-electron chi connectivity index (χ0n) is 20.9. The van der Waals surface area contributed by atoms with Gasteiger partial charge < -0.3 is 13.8 Å². The summed E-state index contributed by atoms with van der Waals surface area (Å²) in [5.41, 5.74) is 3.72. The van der Waals surface area contributed by atoms with Crippen LogP contribution in [0.1, 0.15) is 23.3 Å². The van der Waals surface area contributed by atoms with E-state index >= 15 is 0 Å². The van der Waals surface area contributed by atoms with Crippen molar-refractivity contribution in [3.05, 3.63) is 59.7 Å². The van der Waals surface area contributed by atoms with Crippen molar-refractivity contribution in [3.8, 4) is 0 Å². The van der Waals surface area contributed by atoms with Gasteiger partial charge >= 0.3 is 6.03 Å². The van der Waals surface area contributed by atoms with Gasteiger partial charge in [-0.25, -0.2) is 4.79 Å². The van der Waals surface area contributed by atoms with Crippen molar-refractivity contribution >= 4 is 42.3 Å². The Balaban J connectivity index is 2.30. The Hall–Kier alpha value is -1.72. The number of hydrogen-bond acceptors (Lipinski definition) is 3. The van der Waals surface area contributed by atoms with Crippen LogP contribution < -0.4 is 9.88 Å². The van der Waals surface area contributed by atoms with Gasteiger partial charge in [0.15, 0.2) is 16.6 Å². The molecule has 0 saturated carbocycles. The Morgan fingerprint density at radius 2 is 1.09 bits per heavy atom.